The molecule has 0 amide bonds. The van der Waals surface area contributed by atoms with Gasteiger partial charge in [0.05, 0.1) is 19.8 Å². The Balaban J connectivity index is 2.03. The standard InChI is InChI=1S/C17H35N3O2S/c1-4-5-10-21-12-13-22-11-9-19-17(18-2)20-15-7-6-8-16(14-15)23-3/h15-16H,4-14H2,1-3H3,(H2,18,19,20). The number of ether oxygens (including phenoxy) is 2. The molecule has 2 atom stereocenters. The van der Waals surface area contributed by atoms with Crippen molar-refractivity contribution in [3.8, 4) is 0 Å². The van der Waals surface area contributed by atoms with Crippen LogP contribution in [0.2, 0.25) is 0 Å². The van der Waals surface area contributed by atoms with Gasteiger partial charge >= 0.3 is 0 Å². The predicted octanol–water partition coefficient (Wildman–Crippen LogP) is 2.66. The van der Waals surface area contributed by atoms with Gasteiger partial charge in [0.2, 0.25) is 0 Å². The van der Waals surface area contributed by atoms with Crippen LogP contribution >= 0.6 is 11.8 Å². The molecule has 136 valence electrons. The lowest BCUT2D eigenvalue weighted by Crippen LogP contribution is -2.46. The van der Waals surface area contributed by atoms with Gasteiger partial charge in [-0.05, 0) is 31.9 Å². The molecule has 0 saturated heterocycles. The average molecular weight is 346 g/mol. The van der Waals surface area contributed by atoms with Crippen molar-refractivity contribution >= 4 is 17.7 Å². The van der Waals surface area contributed by atoms with Gasteiger partial charge < -0.3 is 20.1 Å². The van der Waals surface area contributed by atoms with Crippen molar-refractivity contribution in [2.45, 2.75) is 56.7 Å². The number of rotatable bonds is 11. The minimum Gasteiger partial charge on any atom is -0.379 e. The number of hydrogen-bond acceptors (Lipinski definition) is 4. The van der Waals surface area contributed by atoms with Crippen LogP contribution < -0.4 is 10.6 Å². The third-order valence-corrected chi connectivity index (χ3v) is 5.17. The molecule has 0 radical (unpaired) electrons. The fraction of sp³-hybridized carbons (Fsp3) is 0.941. The molecule has 2 unspecified atom stereocenters. The molecular weight excluding hydrogens is 310 g/mol. The van der Waals surface area contributed by atoms with Crippen molar-refractivity contribution in [2.75, 3.05) is 46.3 Å². The number of guanidine groups is 1. The summed E-state index contributed by atoms with van der Waals surface area (Å²) in [6, 6.07) is 0.542. The third kappa shape index (κ3) is 10.1. The maximum absolute atomic E-state index is 5.56. The summed E-state index contributed by atoms with van der Waals surface area (Å²) >= 11 is 1.99. The van der Waals surface area contributed by atoms with Crippen molar-refractivity contribution < 1.29 is 9.47 Å². The van der Waals surface area contributed by atoms with Gasteiger partial charge in [0.15, 0.2) is 5.96 Å². The lowest BCUT2D eigenvalue weighted by Gasteiger charge is -2.29. The molecule has 23 heavy (non-hydrogen) atoms. The second kappa shape index (κ2) is 13.9. The topological polar surface area (TPSA) is 54.9 Å². The van der Waals surface area contributed by atoms with Crippen LogP contribution in [0.4, 0.5) is 0 Å². The maximum atomic E-state index is 5.56. The first-order chi connectivity index (χ1) is 11.3. The smallest absolute Gasteiger partial charge is 0.191 e. The van der Waals surface area contributed by atoms with E-state index in [1.54, 1.807) is 0 Å². The molecule has 0 aromatic heterocycles. The molecule has 1 fully saturated rings. The first kappa shape index (κ1) is 20.6. The number of hydrogen-bond donors (Lipinski definition) is 2. The number of thioether (sulfide) groups is 1. The second-order valence-electron chi connectivity index (χ2n) is 5.94. The fourth-order valence-electron chi connectivity index (χ4n) is 2.69. The molecule has 0 aromatic carbocycles. The van der Waals surface area contributed by atoms with E-state index in [2.05, 4.69) is 28.8 Å². The van der Waals surface area contributed by atoms with Crippen LogP contribution in [0, 0.1) is 0 Å². The summed E-state index contributed by atoms with van der Waals surface area (Å²) in [7, 11) is 1.83. The van der Waals surface area contributed by atoms with Gasteiger partial charge in [-0.1, -0.05) is 19.8 Å². The number of aliphatic imine (C=N–C) groups is 1. The molecule has 0 aromatic rings. The highest BCUT2D eigenvalue weighted by Crippen LogP contribution is 2.26. The van der Waals surface area contributed by atoms with E-state index in [-0.39, 0.29) is 0 Å². The quantitative estimate of drug-likeness (QED) is 0.342. The Morgan fingerprint density at radius 3 is 2.65 bits per heavy atom. The van der Waals surface area contributed by atoms with E-state index in [0.29, 0.717) is 25.9 Å². The Hall–Kier alpha value is -0.460. The van der Waals surface area contributed by atoms with Gasteiger partial charge in [0.1, 0.15) is 0 Å². The average Bonchev–Trinajstić information content (AvgIpc) is 2.59. The zero-order valence-electron chi connectivity index (χ0n) is 15.1. The van der Waals surface area contributed by atoms with Crippen LogP contribution in [-0.2, 0) is 9.47 Å². The van der Waals surface area contributed by atoms with E-state index in [0.717, 1.165) is 30.8 Å². The Kier molecular flexibility index (Phi) is 12.5. The molecule has 6 heteroatoms. The summed E-state index contributed by atoms with van der Waals surface area (Å²) in [5.41, 5.74) is 0. The highest BCUT2D eigenvalue weighted by molar-refractivity contribution is 7.99. The molecular formula is C17H35N3O2S. The molecule has 0 bridgehead atoms. The maximum Gasteiger partial charge on any atom is 0.191 e. The lowest BCUT2D eigenvalue weighted by molar-refractivity contribution is 0.0487. The molecule has 1 saturated carbocycles. The lowest BCUT2D eigenvalue weighted by atomic mass is 9.95. The zero-order valence-corrected chi connectivity index (χ0v) is 15.9. The number of nitrogens with zero attached hydrogens (tertiary/aromatic N) is 1. The minimum atomic E-state index is 0.542. The third-order valence-electron chi connectivity index (χ3n) is 4.08. The Bertz CT molecular complexity index is 316. The largest absolute Gasteiger partial charge is 0.379 e. The molecule has 1 aliphatic rings. The fourth-order valence-corrected chi connectivity index (χ4v) is 3.52. The minimum absolute atomic E-state index is 0.542. The van der Waals surface area contributed by atoms with Gasteiger partial charge in [0, 0.05) is 31.5 Å². The van der Waals surface area contributed by atoms with Crippen molar-refractivity contribution in [1.82, 2.24) is 10.6 Å². The summed E-state index contributed by atoms with van der Waals surface area (Å²) in [5.74, 6) is 0.888. The Morgan fingerprint density at radius 1 is 1.17 bits per heavy atom. The summed E-state index contributed by atoms with van der Waals surface area (Å²) in [5, 5.41) is 7.65. The Morgan fingerprint density at radius 2 is 1.96 bits per heavy atom. The highest BCUT2D eigenvalue weighted by atomic mass is 32.2. The first-order valence-electron chi connectivity index (χ1n) is 8.95. The normalized spacial score (nSPS) is 22.1. The van der Waals surface area contributed by atoms with E-state index in [1.807, 2.05) is 18.8 Å². The van der Waals surface area contributed by atoms with Gasteiger partial charge in [-0.15, -0.1) is 0 Å². The monoisotopic (exact) mass is 345 g/mol. The van der Waals surface area contributed by atoms with E-state index in [4.69, 9.17) is 9.47 Å². The van der Waals surface area contributed by atoms with Crippen LogP contribution in [0.5, 0.6) is 0 Å². The summed E-state index contributed by atoms with van der Waals surface area (Å²) < 4.78 is 11.0. The van der Waals surface area contributed by atoms with Gasteiger partial charge in [-0.25, -0.2) is 0 Å². The van der Waals surface area contributed by atoms with Crippen molar-refractivity contribution in [3.63, 3.8) is 0 Å². The van der Waals surface area contributed by atoms with Gasteiger partial charge in [-0.3, -0.25) is 4.99 Å². The SMILES string of the molecule is CCCCOCCOCCNC(=NC)NC1CCCC(SC)C1. The molecule has 5 nitrogen and oxygen atoms in total. The number of nitrogens with one attached hydrogen (secondary N) is 2. The van der Waals surface area contributed by atoms with Crippen LogP contribution in [0.1, 0.15) is 45.4 Å². The van der Waals surface area contributed by atoms with Crippen LogP contribution in [0.25, 0.3) is 0 Å². The molecule has 0 spiro atoms. The van der Waals surface area contributed by atoms with E-state index >= 15 is 0 Å². The van der Waals surface area contributed by atoms with Crippen molar-refractivity contribution in [3.05, 3.63) is 0 Å². The molecule has 0 aliphatic heterocycles. The van der Waals surface area contributed by atoms with Gasteiger partial charge in [0.25, 0.3) is 0 Å². The van der Waals surface area contributed by atoms with Gasteiger partial charge in [-0.2, -0.15) is 11.8 Å². The zero-order chi connectivity index (χ0) is 16.8. The first-order valence-corrected chi connectivity index (χ1v) is 10.2. The molecule has 1 rings (SSSR count). The molecule has 1 aliphatic carbocycles. The molecule has 2 N–H and O–H groups in total. The van der Waals surface area contributed by atoms with Crippen LogP contribution in [-0.4, -0.2) is 63.5 Å². The molecule has 0 heterocycles. The number of unbranched alkanes of at least 4 members (excludes halogenated alkanes) is 1. The van der Waals surface area contributed by atoms with Crippen LogP contribution in [0.15, 0.2) is 4.99 Å². The summed E-state index contributed by atoms with van der Waals surface area (Å²) in [6.45, 7) is 5.80. The second-order valence-corrected chi connectivity index (χ2v) is 7.08. The van der Waals surface area contributed by atoms with Crippen molar-refractivity contribution in [1.29, 1.82) is 0 Å². The van der Waals surface area contributed by atoms with E-state index in [9.17, 15) is 0 Å². The highest BCUT2D eigenvalue weighted by Gasteiger charge is 2.21. The summed E-state index contributed by atoms with van der Waals surface area (Å²) in [6.07, 6.45) is 9.64. The van der Waals surface area contributed by atoms with E-state index in [1.165, 1.54) is 32.1 Å². The summed E-state index contributed by atoms with van der Waals surface area (Å²) in [4.78, 5) is 4.31. The van der Waals surface area contributed by atoms with E-state index < -0.39 is 0 Å². The Labute approximate surface area is 146 Å². The van der Waals surface area contributed by atoms with Crippen LogP contribution in [0.3, 0.4) is 0 Å². The predicted molar refractivity (Wildman–Crippen MR) is 101 cm³/mol. The van der Waals surface area contributed by atoms with Crippen molar-refractivity contribution in [2.24, 2.45) is 4.99 Å².